The molecule has 1 atom stereocenters. The van der Waals surface area contributed by atoms with Gasteiger partial charge in [-0.1, -0.05) is 0 Å². The van der Waals surface area contributed by atoms with Crippen LogP contribution in [0.25, 0.3) is 11.0 Å². The van der Waals surface area contributed by atoms with Crippen molar-refractivity contribution < 1.29 is 9.59 Å². The zero-order valence-corrected chi connectivity index (χ0v) is 13.4. The minimum absolute atomic E-state index is 0.242. The summed E-state index contributed by atoms with van der Waals surface area (Å²) in [6, 6.07) is 5.27. The summed E-state index contributed by atoms with van der Waals surface area (Å²) in [5, 5.41) is 5.61. The molecule has 1 aliphatic heterocycles. The Kier molecular flexibility index (Phi) is 3.71. The molecule has 1 fully saturated rings. The predicted octanol–water partition coefficient (Wildman–Crippen LogP) is 1.14. The SMILES string of the molecule is CC(C)Nc1ccc2c(c1)n(C)c(=O)n2C1CCC(=O)NC1=O. The van der Waals surface area contributed by atoms with Crippen LogP contribution in [-0.4, -0.2) is 27.0 Å². The Balaban J connectivity index is 2.11. The number of aromatic nitrogens is 2. The zero-order valence-electron chi connectivity index (χ0n) is 13.4. The third kappa shape index (κ3) is 2.62. The Bertz CT molecular complexity index is 847. The standard InChI is InChI=1S/C16H20N4O3/c1-9(2)17-10-4-5-11-13(8-10)19(3)16(23)20(11)12-6-7-14(21)18-15(12)22/h4-5,8-9,12,17H,6-7H2,1-3H3,(H,18,21,22). The molecule has 0 spiro atoms. The number of imidazole rings is 1. The Labute approximate surface area is 133 Å². The molecule has 1 aliphatic rings. The predicted molar refractivity (Wildman–Crippen MR) is 87.4 cm³/mol. The highest BCUT2D eigenvalue weighted by Gasteiger charge is 2.31. The van der Waals surface area contributed by atoms with Gasteiger partial charge in [-0.25, -0.2) is 4.79 Å². The number of anilines is 1. The van der Waals surface area contributed by atoms with E-state index in [4.69, 9.17) is 0 Å². The molecule has 0 radical (unpaired) electrons. The first-order chi connectivity index (χ1) is 10.9. The van der Waals surface area contributed by atoms with Gasteiger partial charge in [0.15, 0.2) is 0 Å². The second-order valence-corrected chi connectivity index (χ2v) is 6.18. The number of fused-ring (bicyclic) bond motifs is 1. The summed E-state index contributed by atoms with van der Waals surface area (Å²) in [6.07, 6.45) is 0.585. The van der Waals surface area contributed by atoms with Crippen molar-refractivity contribution in [2.45, 2.75) is 38.8 Å². The molecule has 0 saturated carbocycles. The van der Waals surface area contributed by atoms with Gasteiger partial charge in [0.25, 0.3) is 0 Å². The van der Waals surface area contributed by atoms with Gasteiger partial charge in [0, 0.05) is 25.2 Å². The molecule has 7 nitrogen and oxygen atoms in total. The van der Waals surface area contributed by atoms with Crippen LogP contribution in [0, 0.1) is 0 Å². The number of nitrogens with zero attached hydrogens (tertiary/aromatic N) is 2. The van der Waals surface area contributed by atoms with Crippen LogP contribution < -0.4 is 16.3 Å². The molecule has 7 heteroatoms. The van der Waals surface area contributed by atoms with E-state index in [1.807, 2.05) is 32.0 Å². The second-order valence-electron chi connectivity index (χ2n) is 6.18. The number of carbonyl (C=O) groups is 2. The van der Waals surface area contributed by atoms with Crippen molar-refractivity contribution in [2.75, 3.05) is 5.32 Å². The van der Waals surface area contributed by atoms with Crippen LogP contribution in [0.2, 0.25) is 0 Å². The first-order valence-electron chi connectivity index (χ1n) is 7.69. The van der Waals surface area contributed by atoms with Gasteiger partial charge in [0.1, 0.15) is 6.04 Å². The first kappa shape index (κ1) is 15.3. The minimum Gasteiger partial charge on any atom is -0.383 e. The lowest BCUT2D eigenvalue weighted by molar-refractivity contribution is -0.135. The third-order valence-corrected chi connectivity index (χ3v) is 4.07. The number of imide groups is 1. The molecule has 1 aromatic heterocycles. The lowest BCUT2D eigenvalue weighted by Gasteiger charge is -2.22. The Morgan fingerprint density at radius 1 is 1.22 bits per heavy atom. The summed E-state index contributed by atoms with van der Waals surface area (Å²) in [6.45, 7) is 4.08. The Morgan fingerprint density at radius 3 is 2.61 bits per heavy atom. The number of hydrogen-bond donors (Lipinski definition) is 2. The number of nitrogens with one attached hydrogen (secondary N) is 2. The van der Waals surface area contributed by atoms with Crippen LogP contribution in [0.5, 0.6) is 0 Å². The summed E-state index contributed by atoms with van der Waals surface area (Å²) in [4.78, 5) is 36.0. The van der Waals surface area contributed by atoms with Crippen LogP contribution >= 0.6 is 0 Å². The van der Waals surface area contributed by atoms with E-state index in [0.29, 0.717) is 11.9 Å². The Hall–Kier alpha value is -2.57. The maximum absolute atomic E-state index is 12.6. The maximum atomic E-state index is 12.6. The molecule has 3 rings (SSSR count). The maximum Gasteiger partial charge on any atom is 0.329 e. The number of benzene rings is 1. The van der Waals surface area contributed by atoms with Crippen molar-refractivity contribution in [2.24, 2.45) is 7.05 Å². The summed E-state index contributed by atoms with van der Waals surface area (Å²) in [7, 11) is 1.69. The Morgan fingerprint density at radius 2 is 1.96 bits per heavy atom. The number of piperidine rings is 1. The van der Waals surface area contributed by atoms with Gasteiger partial charge in [0.2, 0.25) is 11.8 Å². The van der Waals surface area contributed by atoms with Crippen LogP contribution in [0.3, 0.4) is 0 Å². The van der Waals surface area contributed by atoms with E-state index >= 15 is 0 Å². The molecule has 2 heterocycles. The fourth-order valence-corrected chi connectivity index (χ4v) is 3.02. The number of amides is 2. The van der Waals surface area contributed by atoms with Gasteiger partial charge < -0.3 is 5.32 Å². The molecule has 0 bridgehead atoms. The van der Waals surface area contributed by atoms with Crippen molar-refractivity contribution in [3.05, 3.63) is 28.7 Å². The summed E-state index contributed by atoms with van der Waals surface area (Å²) >= 11 is 0. The number of hydrogen-bond acceptors (Lipinski definition) is 4. The monoisotopic (exact) mass is 316 g/mol. The van der Waals surface area contributed by atoms with Gasteiger partial charge in [-0.05, 0) is 38.5 Å². The molecule has 1 unspecified atom stereocenters. The molecule has 0 aliphatic carbocycles. The molecular formula is C16H20N4O3. The summed E-state index contributed by atoms with van der Waals surface area (Å²) in [5.41, 5.74) is 2.12. The average molecular weight is 316 g/mol. The van der Waals surface area contributed by atoms with Crippen LogP contribution in [0.4, 0.5) is 5.69 Å². The molecule has 2 aromatic rings. The molecule has 2 N–H and O–H groups in total. The highest BCUT2D eigenvalue weighted by atomic mass is 16.2. The average Bonchev–Trinajstić information content (AvgIpc) is 2.71. The van der Waals surface area contributed by atoms with Gasteiger partial charge in [-0.3, -0.25) is 24.0 Å². The van der Waals surface area contributed by atoms with E-state index in [1.54, 1.807) is 7.05 Å². The van der Waals surface area contributed by atoms with E-state index in [9.17, 15) is 14.4 Å². The van der Waals surface area contributed by atoms with Crippen molar-refractivity contribution in [3.63, 3.8) is 0 Å². The van der Waals surface area contributed by atoms with Crippen LogP contribution in [0.15, 0.2) is 23.0 Å². The third-order valence-electron chi connectivity index (χ3n) is 4.07. The van der Waals surface area contributed by atoms with E-state index in [0.717, 1.165) is 11.2 Å². The molecule has 1 aromatic carbocycles. The van der Waals surface area contributed by atoms with Crippen molar-refractivity contribution in [1.29, 1.82) is 0 Å². The molecule has 1 saturated heterocycles. The molecule has 23 heavy (non-hydrogen) atoms. The minimum atomic E-state index is -0.646. The zero-order chi connectivity index (χ0) is 16.7. The molecular weight excluding hydrogens is 296 g/mol. The van der Waals surface area contributed by atoms with Crippen LogP contribution in [0.1, 0.15) is 32.7 Å². The number of aryl methyl sites for hydroxylation is 1. The topological polar surface area (TPSA) is 85.1 Å². The second kappa shape index (κ2) is 5.57. The summed E-state index contributed by atoms with van der Waals surface area (Å²) < 4.78 is 3.01. The largest absolute Gasteiger partial charge is 0.383 e. The van der Waals surface area contributed by atoms with Gasteiger partial charge >= 0.3 is 5.69 Å². The normalized spacial score (nSPS) is 18.5. The molecule has 2 amide bonds. The van der Waals surface area contributed by atoms with Gasteiger partial charge in [0.05, 0.1) is 11.0 Å². The number of carbonyl (C=O) groups excluding carboxylic acids is 2. The number of rotatable bonds is 3. The van der Waals surface area contributed by atoms with E-state index < -0.39 is 11.9 Å². The van der Waals surface area contributed by atoms with Crippen molar-refractivity contribution >= 4 is 28.5 Å². The summed E-state index contributed by atoms with van der Waals surface area (Å²) in [5.74, 6) is -0.705. The fourth-order valence-electron chi connectivity index (χ4n) is 3.02. The van der Waals surface area contributed by atoms with E-state index in [1.165, 1.54) is 9.13 Å². The fraction of sp³-hybridized carbons (Fsp3) is 0.438. The highest BCUT2D eigenvalue weighted by Crippen LogP contribution is 2.25. The first-order valence-corrected chi connectivity index (χ1v) is 7.69. The lowest BCUT2D eigenvalue weighted by Crippen LogP contribution is -2.44. The quantitative estimate of drug-likeness (QED) is 0.832. The van der Waals surface area contributed by atoms with E-state index in [2.05, 4.69) is 10.6 Å². The molecule has 122 valence electrons. The highest BCUT2D eigenvalue weighted by molar-refractivity contribution is 6.00. The van der Waals surface area contributed by atoms with Crippen LogP contribution in [-0.2, 0) is 16.6 Å². The van der Waals surface area contributed by atoms with Crippen molar-refractivity contribution in [1.82, 2.24) is 14.5 Å². The van der Waals surface area contributed by atoms with Gasteiger partial charge in [-0.2, -0.15) is 0 Å². The van der Waals surface area contributed by atoms with Crippen molar-refractivity contribution in [3.8, 4) is 0 Å². The van der Waals surface area contributed by atoms with E-state index in [-0.39, 0.29) is 24.1 Å². The lowest BCUT2D eigenvalue weighted by atomic mass is 10.1. The van der Waals surface area contributed by atoms with Gasteiger partial charge in [-0.15, -0.1) is 0 Å². The smallest absolute Gasteiger partial charge is 0.329 e.